The number of aryl methyl sites for hydroxylation is 4. The zero-order valence-corrected chi connectivity index (χ0v) is 21.3. The summed E-state index contributed by atoms with van der Waals surface area (Å²) in [6.45, 7) is 6.63. The number of allylic oxidation sites excluding steroid dienone is 2. The molecule has 0 spiro atoms. The summed E-state index contributed by atoms with van der Waals surface area (Å²) < 4.78 is 0. The molecule has 1 heterocycles. The Hall–Kier alpha value is -4.04. The second kappa shape index (κ2) is 9.44. The first-order valence-electron chi connectivity index (χ1n) is 13.3. The first kappa shape index (κ1) is 23.4. The maximum atomic E-state index is 12.9. The van der Waals surface area contributed by atoms with E-state index in [-0.39, 0.29) is 5.78 Å². The van der Waals surface area contributed by atoms with Crippen LogP contribution in [0, 0.1) is 0 Å². The van der Waals surface area contributed by atoms with Crippen LogP contribution in [0.4, 0.5) is 0 Å². The van der Waals surface area contributed by atoms with Gasteiger partial charge in [0.1, 0.15) is 0 Å². The number of carbonyl (C=O) groups excluding carboxylic acids is 1. The number of benzene rings is 3. The van der Waals surface area contributed by atoms with Gasteiger partial charge < -0.3 is 0 Å². The van der Waals surface area contributed by atoms with Crippen molar-refractivity contribution in [1.29, 1.82) is 0 Å². The lowest BCUT2D eigenvalue weighted by Crippen LogP contribution is -2.27. The quantitative estimate of drug-likeness (QED) is 0.289. The molecule has 1 atom stereocenters. The minimum Gasteiger partial charge on any atom is -0.295 e. The Morgan fingerprint density at radius 2 is 1.70 bits per heavy atom. The number of rotatable bonds is 3. The molecule has 1 aromatic heterocycles. The van der Waals surface area contributed by atoms with Crippen molar-refractivity contribution in [3.05, 3.63) is 154 Å². The van der Waals surface area contributed by atoms with E-state index in [0.29, 0.717) is 6.42 Å². The average Bonchev–Trinajstić information content (AvgIpc) is 3.11. The highest BCUT2D eigenvalue weighted by Crippen LogP contribution is 2.43. The summed E-state index contributed by atoms with van der Waals surface area (Å²) in [5.41, 5.74) is 11.4. The molecular formula is C35H31NO. The molecule has 37 heavy (non-hydrogen) atoms. The number of aromatic nitrogens is 1. The number of hydrogen-bond donors (Lipinski definition) is 0. The molecule has 4 aromatic rings. The summed E-state index contributed by atoms with van der Waals surface area (Å²) in [7, 11) is 0. The monoisotopic (exact) mass is 481 g/mol. The maximum absolute atomic E-state index is 12.9. The Morgan fingerprint density at radius 3 is 2.51 bits per heavy atom. The lowest BCUT2D eigenvalue weighted by atomic mass is 9.68. The summed E-state index contributed by atoms with van der Waals surface area (Å²) in [5.74, 6) is 0.184. The minimum atomic E-state index is -0.571. The molecule has 1 unspecified atom stereocenters. The topological polar surface area (TPSA) is 30.0 Å². The van der Waals surface area contributed by atoms with Gasteiger partial charge in [0.15, 0.2) is 5.78 Å². The molecule has 3 aromatic carbocycles. The van der Waals surface area contributed by atoms with Crippen LogP contribution in [0.2, 0.25) is 0 Å². The maximum Gasteiger partial charge on any atom is 0.156 e. The van der Waals surface area contributed by atoms with Gasteiger partial charge in [0, 0.05) is 18.8 Å². The second-order valence-corrected chi connectivity index (χ2v) is 10.2. The smallest absolute Gasteiger partial charge is 0.156 e. The van der Waals surface area contributed by atoms with E-state index >= 15 is 0 Å². The summed E-state index contributed by atoms with van der Waals surface area (Å²) in [6, 6.07) is 26.6. The number of carbonyl (C=O) groups is 1. The third-order valence-electron chi connectivity index (χ3n) is 8.19. The highest BCUT2D eigenvalue weighted by molar-refractivity contribution is 6.02. The van der Waals surface area contributed by atoms with Crippen LogP contribution in [0.3, 0.4) is 0 Å². The van der Waals surface area contributed by atoms with Gasteiger partial charge >= 0.3 is 0 Å². The van der Waals surface area contributed by atoms with Crippen molar-refractivity contribution in [2.45, 2.75) is 44.4 Å². The van der Waals surface area contributed by atoms with Crippen molar-refractivity contribution in [3.8, 4) is 0 Å². The van der Waals surface area contributed by atoms with Crippen LogP contribution in [0.5, 0.6) is 0 Å². The first-order valence-corrected chi connectivity index (χ1v) is 13.3. The summed E-state index contributed by atoms with van der Waals surface area (Å²) >= 11 is 0. The number of fused-ring (bicyclic) bond motifs is 6. The zero-order valence-electron chi connectivity index (χ0n) is 21.3. The van der Waals surface area contributed by atoms with Crippen LogP contribution in [0.1, 0.15) is 63.4 Å². The van der Waals surface area contributed by atoms with E-state index in [0.717, 1.165) is 53.5 Å². The van der Waals surface area contributed by atoms with Gasteiger partial charge in [-0.1, -0.05) is 73.7 Å². The lowest BCUT2D eigenvalue weighted by Gasteiger charge is -2.34. The molecule has 0 N–H and O–H groups in total. The summed E-state index contributed by atoms with van der Waals surface area (Å²) in [6.07, 6.45) is 11.9. The summed E-state index contributed by atoms with van der Waals surface area (Å²) in [4.78, 5) is 17.4. The fraction of sp³-hybridized carbons (Fsp3) is 0.200. The van der Waals surface area contributed by atoms with E-state index in [1.165, 1.54) is 27.8 Å². The molecule has 6 bridgehead atoms. The van der Waals surface area contributed by atoms with Crippen molar-refractivity contribution in [1.82, 2.24) is 4.98 Å². The largest absolute Gasteiger partial charge is 0.295 e. The van der Waals surface area contributed by atoms with E-state index in [1.807, 2.05) is 24.5 Å². The molecule has 0 saturated carbocycles. The molecular weight excluding hydrogens is 450 g/mol. The number of pyridine rings is 1. The zero-order chi connectivity index (χ0) is 25.4. The fourth-order valence-corrected chi connectivity index (χ4v) is 6.17. The van der Waals surface area contributed by atoms with Gasteiger partial charge in [0.2, 0.25) is 0 Å². The van der Waals surface area contributed by atoms with Crippen LogP contribution in [-0.4, -0.2) is 10.8 Å². The number of nitrogens with zero attached hydrogens (tertiary/aromatic N) is 1. The Kier molecular flexibility index (Phi) is 5.96. The highest BCUT2D eigenvalue weighted by atomic mass is 16.1. The van der Waals surface area contributed by atoms with Crippen molar-refractivity contribution in [3.63, 3.8) is 0 Å². The van der Waals surface area contributed by atoms with Crippen molar-refractivity contribution >= 4 is 11.4 Å². The Bertz CT molecular complexity index is 1550. The van der Waals surface area contributed by atoms with Crippen molar-refractivity contribution in [2.75, 3.05) is 0 Å². The van der Waals surface area contributed by atoms with E-state index in [9.17, 15) is 4.79 Å². The van der Waals surface area contributed by atoms with Crippen LogP contribution < -0.4 is 0 Å². The molecule has 2 heteroatoms. The standard InChI is InChI=1S/C35H31NO/c1-3-25-12-15-29-20-27(25)11-10-24-7-5-8-28(19-24)34-22-32(37)17-14-26-13-16-30(21-33(26)34)35(29,4-2)31-9-6-18-36-23-31/h4-9,12-13,15-16,18-23H,2-3,10-11,14,17H2,1H3. The Labute approximate surface area is 219 Å². The van der Waals surface area contributed by atoms with E-state index < -0.39 is 5.41 Å². The molecule has 2 aliphatic carbocycles. The van der Waals surface area contributed by atoms with E-state index in [4.69, 9.17) is 0 Å². The SMILES string of the molecule is C=CC1(c2cccnc2)c2ccc(CC)c(c2)CCc2cccc(c2)C2=CC(=O)CCc3ccc1cc32. The van der Waals surface area contributed by atoms with Crippen LogP contribution in [0.15, 0.2) is 104 Å². The highest BCUT2D eigenvalue weighted by Gasteiger charge is 2.35. The number of hydrogen-bond acceptors (Lipinski definition) is 2. The van der Waals surface area contributed by atoms with Gasteiger partial charge in [-0.2, -0.15) is 0 Å². The van der Waals surface area contributed by atoms with E-state index in [2.05, 4.69) is 91.3 Å². The second-order valence-electron chi connectivity index (χ2n) is 10.2. The first-order chi connectivity index (χ1) is 18.1. The van der Waals surface area contributed by atoms with Crippen LogP contribution >= 0.6 is 0 Å². The number of ketones is 1. The minimum absolute atomic E-state index is 0.184. The molecule has 2 nitrogen and oxygen atoms in total. The predicted molar refractivity (Wildman–Crippen MR) is 151 cm³/mol. The van der Waals surface area contributed by atoms with E-state index in [1.54, 1.807) is 0 Å². The molecule has 0 saturated heterocycles. The van der Waals surface area contributed by atoms with Gasteiger partial charge in [-0.15, -0.1) is 6.58 Å². The average molecular weight is 482 g/mol. The van der Waals surface area contributed by atoms with Crippen molar-refractivity contribution in [2.24, 2.45) is 0 Å². The fourth-order valence-electron chi connectivity index (χ4n) is 6.17. The predicted octanol–water partition coefficient (Wildman–Crippen LogP) is 7.21. The molecule has 0 aliphatic heterocycles. The van der Waals surface area contributed by atoms with Gasteiger partial charge in [-0.3, -0.25) is 9.78 Å². The van der Waals surface area contributed by atoms with Gasteiger partial charge in [-0.25, -0.2) is 0 Å². The van der Waals surface area contributed by atoms with Gasteiger partial charge in [0.25, 0.3) is 0 Å². The molecule has 0 radical (unpaired) electrons. The third-order valence-corrected chi connectivity index (χ3v) is 8.19. The third kappa shape index (κ3) is 3.97. The molecule has 0 amide bonds. The molecule has 2 aliphatic rings. The lowest BCUT2D eigenvalue weighted by molar-refractivity contribution is -0.114. The molecule has 6 rings (SSSR count). The van der Waals surface area contributed by atoms with Gasteiger partial charge in [-0.05, 0) is 99.5 Å². The van der Waals surface area contributed by atoms with Crippen LogP contribution in [0.25, 0.3) is 5.57 Å². The Balaban J connectivity index is 1.72. The van der Waals surface area contributed by atoms with Gasteiger partial charge in [0.05, 0.1) is 5.41 Å². The van der Waals surface area contributed by atoms with Crippen LogP contribution in [-0.2, 0) is 35.9 Å². The summed E-state index contributed by atoms with van der Waals surface area (Å²) in [5, 5.41) is 0. The van der Waals surface area contributed by atoms with Crippen molar-refractivity contribution < 1.29 is 4.79 Å². The molecule has 0 fully saturated rings. The Morgan fingerprint density at radius 1 is 0.865 bits per heavy atom. The normalized spacial score (nSPS) is 18.5. The molecule has 182 valence electrons.